The monoisotopic (exact) mass is 455 g/mol. The number of carbonyl (C=O) groups excluding carboxylic acids is 1. The third-order valence-corrected chi connectivity index (χ3v) is 5.53. The van der Waals surface area contributed by atoms with Crippen molar-refractivity contribution in [2.45, 2.75) is 37.8 Å². The molecule has 33 heavy (non-hydrogen) atoms. The van der Waals surface area contributed by atoms with E-state index in [0.29, 0.717) is 0 Å². The van der Waals surface area contributed by atoms with Crippen LogP contribution >= 0.6 is 0 Å². The predicted molar refractivity (Wildman–Crippen MR) is 113 cm³/mol. The van der Waals surface area contributed by atoms with E-state index < -0.39 is 29.0 Å². The number of hydrogen-bond donors (Lipinski definition) is 1. The molecular weight excluding hydrogens is 436 g/mol. The third-order valence-electron chi connectivity index (χ3n) is 5.53. The van der Waals surface area contributed by atoms with Crippen LogP contribution in [-0.2, 0) is 0 Å². The summed E-state index contributed by atoms with van der Waals surface area (Å²) in [4.78, 5) is 46.1. The number of amides is 1. The number of rotatable bonds is 4. The van der Waals surface area contributed by atoms with Gasteiger partial charge in [-0.2, -0.15) is 4.39 Å². The molecule has 2 aromatic heterocycles. The van der Waals surface area contributed by atoms with Crippen LogP contribution in [0.3, 0.4) is 0 Å². The lowest BCUT2D eigenvalue weighted by Crippen LogP contribution is -2.39. The Kier molecular flexibility index (Phi) is 5.00. The normalized spacial score (nSPS) is 15.2. The van der Waals surface area contributed by atoms with Crippen molar-refractivity contribution in [1.82, 2.24) is 24.0 Å². The summed E-state index contributed by atoms with van der Waals surface area (Å²) in [5.74, 6) is 2.73. The summed E-state index contributed by atoms with van der Waals surface area (Å²) < 4.78 is 34.7. The summed E-state index contributed by atoms with van der Waals surface area (Å²) >= 11 is 0. The lowest BCUT2D eigenvalue weighted by molar-refractivity contribution is 0.165. The number of halogens is 2. The summed E-state index contributed by atoms with van der Waals surface area (Å²) in [6, 6.07) is 3.23. The quantitative estimate of drug-likeness (QED) is 0.609. The van der Waals surface area contributed by atoms with Crippen LogP contribution in [0.2, 0.25) is 0 Å². The van der Waals surface area contributed by atoms with Gasteiger partial charge in [-0.25, -0.2) is 19.0 Å². The molecule has 0 aliphatic heterocycles. The predicted octanol–water partition coefficient (Wildman–Crippen LogP) is 2.32. The molecule has 0 radical (unpaired) electrons. The molecule has 2 heterocycles. The van der Waals surface area contributed by atoms with Gasteiger partial charge in [0.05, 0.1) is 6.54 Å². The van der Waals surface area contributed by atoms with Gasteiger partial charge in [-0.1, -0.05) is 12.0 Å². The number of imidazole rings is 1. The van der Waals surface area contributed by atoms with Gasteiger partial charge in [-0.15, -0.1) is 0 Å². The number of hydrogen-bond acceptors (Lipinski definition) is 5. The number of carbonyl (C=O) groups is 1. The van der Waals surface area contributed by atoms with E-state index in [0.717, 1.165) is 42.7 Å². The molecule has 170 valence electrons. The average Bonchev–Trinajstić information content (AvgIpc) is 3.71. The van der Waals surface area contributed by atoms with Gasteiger partial charge >= 0.3 is 11.8 Å². The van der Waals surface area contributed by atoms with Crippen molar-refractivity contribution < 1.29 is 18.3 Å². The molecule has 1 N–H and O–H groups in total. The first-order valence-electron chi connectivity index (χ1n) is 10.5. The highest BCUT2D eigenvalue weighted by Gasteiger charge is 2.34. The van der Waals surface area contributed by atoms with Gasteiger partial charge in [-0.05, 0) is 43.7 Å². The van der Waals surface area contributed by atoms with E-state index in [1.807, 2.05) is 0 Å². The second-order valence-electron chi connectivity index (χ2n) is 8.15. The molecule has 5 rings (SSSR count). The van der Waals surface area contributed by atoms with Crippen LogP contribution < -0.4 is 16.0 Å². The minimum atomic E-state index is -1.26. The van der Waals surface area contributed by atoms with E-state index in [1.165, 1.54) is 17.7 Å². The molecule has 0 saturated heterocycles. The number of aromatic nitrogens is 4. The highest BCUT2D eigenvalue weighted by Crippen LogP contribution is 2.36. The van der Waals surface area contributed by atoms with Crippen LogP contribution in [0.5, 0.6) is 5.75 Å². The molecule has 0 atom stereocenters. The van der Waals surface area contributed by atoms with Gasteiger partial charge in [0, 0.05) is 19.1 Å². The van der Waals surface area contributed by atoms with Gasteiger partial charge in [-0.3, -0.25) is 18.8 Å². The van der Waals surface area contributed by atoms with Crippen LogP contribution in [-0.4, -0.2) is 43.7 Å². The van der Waals surface area contributed by atoms with Crippen molar-refractivity contribution in [3.05, 3.63) is 56.5 Å². The van der Waals surface area contributed by atoms with Crippen molar-refractivity contribution in [3.8, 4) is 17.6 Å². The van der Waals surface area contributed by atoms with Crippen LogP contribution in [0, 0.1) is 23.5 Å². The molecule has 1 aromatic carbocycles. The van der Waals surface area contributed by atoms with Gasteiger partial charge in [0.15, 0.2) is 28.6 Å². The summed E-state index contributed by atoms with van der Waals surface area (Å²) in [5.41, 5.74) is -0.238. The Morgan fingerprint density at radius 3 is 2.61 bits per heavy atom. The number of H-pyrrole nitrogens is 1. The second kappa shape index (κ2) is 7.88. The number of nitrogens with zero attached hydrogens (tertiary/aromatic N) is 4. The molecule has 0 spiro atoms. The van der Waals surface area contributed by atoms with E-state index in [2.05, 4.69) is 21.8 Å². The molecule has 0 unspecified atom stereocenters. The van der Waals surface area contributed by atoms with E-state index in [1.54, 1.807) is 4.57 Å². The molecule has 0 bridgehead atoms. The molecule has 11 heteroatoms. The fourth-order valence-corrected chi connectivity index (χ4v) is 3.52. The second-order valence-corrected chi connectivity index (χ2v) is 8.15. The van der Waals surface area contributed by atoms with Crippen molar-refractivity contribution in [3.63, 3.8) is 0 Å². The number of fused-ring (bicyclic) bond motifs is 1. The fourth-order valence-electron chi connectivity index (χ4n) is 3.52. The Labute approximate surface area is 185 Å². The topological polar surface area (TPSA) is 102 Å². The molecule has 2 fully saturated rings. The molecule has 1 amide bonds. The van der Waals surface area contributed by atoms with Gasteiger partial charge in [0.1, 0.15) is 0 Å². The number of aromatic amines is 1. The molecule has 2 aliphatic rings. The third kappa shape index (κ3) is 3.88. The number of ether oxygens (including phenoxy) is 1. The van der Waals surface area contributed by atoms with Crippen LogP contribution in [0.1, 0.15) is 43.6 Å². The average molecular weight is 455 g/mol. The van der Waals surface area contributed by atoms with Crippen molar-refractivity contribution in [2.75, 3.05) is 13.6 Å². The standard InChI is InChI=1S/C22H19F2N5O4/c1-27(22(32)33-15-5-2-4-14(23)17(15)24)11-3-6-16-25-18-19(26-16)28(12-7-8-12)21(31)29(20(18)30)13-9-10-13/h2,4-5,12-13H,7-11H2,1H3,(H,25,26). The SMILES string of the molecule is CN(CC#Cc1nc2c([nH]1)c(=O)n(C1CC1)c(=O)n2C1CC1)C(=O)Oc1cccc(F)c1F. The maximum absolute atomic E-state index is 13.7. The van der Waals surface area contributed by atoms with E-state index in [4.69, 9.17) is 4.74 Å². The van der Waals surface area contributed by atoms with E-state index >= 15 is 0 Å². The first-order valence-corrected chi connectivity index (χ1v) is 10.5. The van der Waals surface area contributed by atoms with Crippen molar-refractivity contribution in [2.24, 2.45) is 0 Å². The fraction of sp³-hybridized carbons (Fsp3) is 0.364. The van der Waals surface area contributed by atoms with Crippen LogP contribution in [0.4, 0.5) is 13.6 Å². The Bertz CT molecular complexity index is 1450. The maximum atomic E-state index is 13.7. The zero-order valence-corrected chi connectivity index (χ0v) is 17.6. The zero-order valence-electron chi connectivity index (χ0n) is 17.6. The minimum Gasteiger partial charge on any atom is -0.407 e. The largest absolute Gasteiger partial charge is 0.415 e. The first-order chi connectivity index (χ1) is 15.8. The molecule has 3 aromatic rings. The van der Waals surface area contributed by atoms with Gasteiger partial charge < -0.3 is 9.72 Å². The summed E-state index contributed by atoms with van der Waals surface area (Å²) in [6.45, 7) is -0.103. The Balaban J connectivity index is 1.37. The Hall–Kier alpha value is -3.94. The van der Waals surface area contributed by atoms with Crippen molar-refractivity contribution in [1.29, 1.82) is 0 Å². The lowest BCUT2D eigenvalue weighted by Gasteiger charge is -2.13. The van der Waals surface area contributed by atoms with Crippen LogP contribution in [0.15, 0.2) is 27.8 Å². The molecule has 9 nitrogen and oxygen atoms in total. The summed E-state index contributed by atoms with van der Waals surface area (Å²) in [7, 11) is 1.38. The molecule has 2 saturated carbocycles. The molecular formula is C22H19F2N5O4. The summed E-state index contributed by atoms with van der Waals surface area (Å²) in [5, 5.41) is 0. The smallest absolute Gasteiger partial charge is 0.407 e. The van der Waals surface area contributed by atoms with Gasteiger partial charge in [0.25, 0.3) is 5.56 Å². The van der Waals surface area contributed by atoms with Gasteiger partial charge in [0.2, 0.25) is 5.82 Å². The number of nitrogens with one attached hydrogen (secondary N) is 1. The Morgan fingerprint density at radius 2 is 1.91 bits per heavy atom. The van der Waals surface area contributed by atoms with E-state index in [9.17, 15) is 23.2 Å². The maximum Gasteiger partial charge on any atom is 0.415 e. The van der Waals surface area contributed by atoms with Crippen molar-refractivity contribution >= 4 is 17.3 Å². The first kappa shape index (κ1) is 20.9. The highest BCUT2D eigenvalue weighted by molar-refractivity contribution is 5.72. The minimum absolute atomic E-state index is 0.0267. The van der Waals surface area contributed by atoms with Crippen LogP contribution in [0.25, 0.3) is 11.2 Å². The zero-order chi connectivity index (χ0) is 23.3. The molecule has 2 aliphatic carbocycles. The van der Waals surface area contributed by atoms with E-state index in [-0.39, 0.29) is 41.3 Å². The lowest BCUT2D eigenvalue weighted by atomic mass is 10.3. The highest BCUT2D eigenvalue weighted by atomic mass is 19.2. The number of benzene rings is 1. The summed E-state index contributed by atoms with van der Waals surface area (Å²) in [6.07, 6.45) is 2.38. The Morgan fingerprint density at radius 1 is 1.21 bits per heavy atom.